The number of carbonyl (C=O) groups is 1. The number of hydrogen-bond donors (Lipinski definition) is 1. The molecule has 0 aliphatic rings. The fraction of sp³-hybridized carbons (Fsp3) is 0.188. The molecule has 0 aliphatic heterocycles. The van der Waals surface area contributed by atoms with Crippen molar-refractivity contribution in [3.8, 4) is 0 Å². The van der Waals surface area contributed by atoms with Crippen LogP contribution in [-0.2, 0) is 4.79 Å². The molecule has 0 heterocycles. The lowest BCUT2D eigenvalue weighted by Gasteiger charge is -2.13. The Morgan fingerprint density at radius 2 is 1.91 bits per heavy atom. The van der Waals surface area contributed by atoms with E-state index in [1.54, 1.807) is 32.0 Å². The highest BCUT2D eigenvalue weighted by molar-refractivity contribution is 8.00. The predicted molar refractivity (Wildman–Crippen MR) is 93.2 cm³/mol. The molecule has 0 radical (unpaired) electrons. The normalized spacial score (nSPS) is 11.8. The van der Waals surface area contributed by atoms with Crippen molar-refractivity contribution in [3.05, 3.63) is 63.2 Å². The highest BCUT2D eigenvalue weighted by Gasteiger charge is 2.17. The average molecular weight is 351 g/mol. The van der Waals surface area contributed by atoms with Crippen molar-refractivity contribution in [1.29, 1.82) is 0 Å². The first-order valence-electron chi connectivity index (χ1n) is 6.85. The summed E-state index contributed by atoms with van der Waals surface area (Å²) in [7, 11) is 0. The number of halogens is 1. The molecule has 1 atom stereocenters. The lowest BCUT2D eigenvalue weighted by molar-refractivity contribution is -0.384. The van der Waals surface area contributed by atoms with Gasteiger partial charge in [-0.05, 0) is 43.7 Å². The topological polar surface area (TPSA) is 72.2 Å². The van der Waals surface area contributed by atoms with Gasteiger partial charge in [-0.15, -0.1) is 11.8 Å². The standard InChI is InChI=1S/C16H15ClN2O3S/c1-10-3-6-13(19(21)22)9-15(10)18-16(20)11(2)23-14-7-4-12(17)5-8-14/h3-9,11H,1-2H3,(H,18,20)/t11-/m0/s1. The molecule has 0 saturated heterocycles. The van der Waals surface area contributed by atoms with Gasteiger partial charge in [0.25, 0.3) is 5.69 Å². The fourth-order valence-electron chi connectivity index (χ4n) is 1.86. The zero-order valence-corrected chi connectivity index (χ0v) is 14.1. The number of rotatable bonds is 5. The number of amides is 1. The van der Waals surface area contributed by atoms with Crippen LogP contribution in [0.1, 0.15) is 12.5 Å². The SMILES string of the molecule is Cc1ccc([N+](=O)[O-])cc1NC(=O)[C@H](C)Sc1ccc(Cl)cc1. The molecule has 0 spiro atoms. The van der Waals surface area contributed by atoms with Crippen LogP contribution < -0.4 is 5.32 Å². The lowest BCUT2D eigenvalue weighted by Crippen LogP contribution is -2.22. The van der Waals surface area contributed by atoms with Crippen molar-refractivity contribution in [1.82, 2.24) is 0 Å². The molecule has 1 N–H and O–H groups in total. The largest absolute Gasteiger partial charge is 0.325 e. The van der Waals surface area contributed by atoms with Crippen LogP contribution in [0.5, 0.6) is 0 Å². The maximum atomic E-state index is 12.3. The lowest BCUT2D eigenvalue weighted by atomic mass is 10.2. The molecule has 7 heteroatoms. The minimum absolute atomic E-state index is 0.0519. The molecule has 1 amide bonds. The van der Waals surface area contributed by atoms with E-state index in [-0.39, 0.29) is 16.8 Å². The third kappa shape index (κ3) is 4.71. The van der Waals surface area contributed by atoms with E-state index in [9.17, 15) is 14.9 Å². The predicted octanol–water partition coefficient (Wildman–Crippen LogP) is 4.68. The van der Waals surface area contributed by atoms with Crippen LogP contribution in [0.2, 0.25) is 5.02 Å². The van der Waals surface area contributed by atoms with Gasteiger partial charge in [-0.1, -0.05) is 17.7 Å². The smallest absolute Gasteiger partial charge is 0.271 e. The molecule has 0 unspecified atom stereocenters. The molecule has 2 aromatic rings. The van der Waals surface area contributed by atoms with Crippen molar-refractivity contribution in [2.24, 2.45) is 0 Å². The molecule has 5 nitrogen and oxygen atoms in total. The number of thioether (sulfide) groups is 1. The number of anilines is 1. The molecule has 0 bridgehead atoms. The van der Waals surface area contributed by atoms with E-state index >= 15 is 0 Å². The van der Waals surface area contributed by atoms with Crippen molar-refractivity contribution in [2.75, 3.05) is 5.32 Å². The fourth-order valence-corrected chi connectivity index (χ4v) is 2.86. The molecule has 120 valence electrons. The van der Waals surface area contributed by atoms with E-state index in [0.717, 1.165) is 10.5 Å². The molecular formula is C16H15ClN2O3S. The van der Waals surface area contributed by atoms with Gasteiger partial charge in [-0.3, -0.25) is 14.9 Å². The molecule has 0 aromatic heterocycles. The van der Waals surface area contributed by atoms with Crippen LogP contribution >= 0.6 is 23.4 Å². The Hall–Kier alpha value is -2.05. The Kier molecular flexibility index (Phi) is 5.63. The highest BCUT2D eigenvalue weighted by atomic mass is 35.5. The first kappa shape index (κ1) is 17.3. The summed E-state index contributed by atoms with van der Waals surface area (Å²) < 4.78 is 0. The highest BCUT2D eigenvalue weighted by Crippen LogP contribution is 2.27. The Balaban J connectivity index is 2.07. The summed E-state index contributed by atoms with van der Waals surface area (Å²) in [6.07, 6.45) is 0. The first-order chi connectivity index (χ1) is 10.9. The summed E-state index contributed by atoms with van der Waals surface area (Å²) in [4.78, 5) is 23.6. The molecule has 23 heavy (non-hydrogen) atoms. The van der Waals surface area contributed by atoms with E-state index < -0.39 is 4.92 Å². The van der Waals surface area contributed by atoms with Crippen LogP contribution in [0, 0.1) is 17.0 Å². The summed E-state index contributed by atoms with van der Waals surface area (Å²) in [6, 6.07) is 11.6. The second-order valence-corrected chi connectivity index (χ2v) is 6.81. The molecular weight excluding hydrogens is 336 g/mol. The van der Waals surface area contributed by atoms with Gasteiger partial charge in [-0.2, -0.15) is 0 Å². The maximum absolute atomic E-state index is 12.3. The third-order valence-corrected chi connectivity index (χ3v) is 4.55. The number of non-ortho nitro benzene ring substituents is 1. The number of hydrogen-bond acceptors (Lipinski definition) is 4. The monoisotopic (exact) mass is 350 g/mol. The van der Waals surface area contributed by atoms with Gasteiger partial charge >= 0.3 is 0 Å². The number of nitrogens with zero attached hydrogens (tertiary/aromatic N) is 1. The van der Waals surface area contributed by atoms with Crippen molar-refractivity contribution in [2.45, 2.75) is 24.0 Å². The van der Waals surface area contributed by atoms with E-state index in [2.05, 4.69) is 5.32 Å². The zero-order valence-electron chi connectivity index (χ0n) is 12.6. The van der Waals surface area contributed by atoms with E-state index in [1.807, 2.05) is 12.1 Å². The average Bonchev–Trinajstić information content (AvgIpc) is 2.51. The quantitative estimate of drug-likeness (QED) is 0.483. The van der Waals surface area contributed by atoms with Gasteiger partial charge in [0.1, 0.15) is 0 Å². The molecule has 2 rings (SSSR count). The number of nitro benzene ring substituents is 1. The van der Waals surface area contributed by atoms with Gasteiger partial charge in [0.2, 0.25) is 5.91 Å². The molecule has 2 aromatic carbocycles. The van der Waals surface area contributed by atoms with Crippen LogP contribution in [0.3, 0.4) is 0 Å². The third-order valence-electron chi connectivity index (χ3n) is 3.19. The van der Waals surface area contributed by atoms with Gasteiger partial charge in [0.05, 0.1) is 15.9 Å². The Labute approximate surface area is 143 Å². The van der Waals surface area contributed by atoms with Crippen LogP contribution in [0.15, 0.2) is 47.4 Å². The Morgan fingerprint density at radius 3 is 2.52 bits per heavy atom. The summed E-state index contributed by atoms with van der Waals surface area (Å²) in [5.74, 6) is -0.214. The first-order valence-corrected chi connectivity index (χ1v) is 8.10. The molecule has 0 fully saturated rings. The summed E-state index contributed by atoms with van der Waals surface area (Å²) >= 11 is 7.22. The van der Waals surface area contributed by atoms with E-state index in [4.69, 9.17) is 11.6 Å². The second-order valence-electron chi connectivity index (χ2n) is 4.96. The number of benzene rings is 2. The van der Waals surface area contributed by atoms with Crippen LogP contribution in [0.25, 0.3) is 0 Å². The maximum Gasteiger partial charge on any atom is 0.271 e. The van der Waals surface area contributed by atoms with E-state index in [0.29, 0.717) is 10.7 Å². The summed E-state index contributed by atoms with van der Waals surface area (Å²) in [5, 5.41) is 13.9. The number of aryl methyl sites for hydroxylation is 1. The van der Waals surface area contributed by atoms with Gasteiger partial charge < -0.3 is 5.32 Å². The van der Waals surface area contributed by atoms with Gasteiger partial charge in [0.15, 0.2) is 0 Å². The van der Waals surface area contributed by atoms with Crippen molar-refractivity contribution < 1.29 is 9.72 Å². The van der Waals surface area contributed by atoms with Crippen LogP contribution in [0.4, 0.5) is 11.4 Å². The van der Waals surface area contributed by atoms with Crippen molar-refractivity contribution >= 4 is 40.6 Å². The zero-order chi connectivity index (χ0) is 17.0. The minimum atomic E-state index is -0.485. The van der Waals surface area contributed by atoms with Crippen LogP contribution in [-0.4, -0.2) is 16.1 Å². The minimum Gasteiger partial charge on any atom is -0.325 e. The van der Waals surface area contributed by atoms with Crippen molar-refractivity contribution in [3.63, 3.8) is 0 Å². The van der Waals surface area contributed by atoms with Gasteiger partial charge in [-0.25, -0.2) is 0 Å². The van der Waals surface area contributed by atoms with E-state index in [1.165, 1.54) is 23.9 Å². The summed E-state index contributed by atoms with van der Waals surface area (Å²) in [5.41, 5.74) is 1.17. The summed E-state index contributed by atoms with van der Waals surface area (Å²) in [6.45, 7) is 3.57. The second kappa shape index (κ2) is 7.48. The number of nitrogens with one attached hydrogen (secondary N) is 1. The Bertz CT molecular complexity index is 735. The number of nitro groups is 1. The Morgan fingerprint density at radius 1 is 1.26 bits per heavy atom. The number of carbonyl (C=O) groups excluding carboxylic acids is 1. The molecule has 0 aliphatic carbocycles. The molecule has 0 saturated carbocycles. The van der Waals surface area contributed by atoms with Gasteiger partial charge in [0, 0.05) is 22.1 Å².